The second kappa shape index (κ2) is 13.3. The van der Waals surface area contributed by atoms with Crippen LogP contribution in [0.15, 0.2) is 91.8 Å². The summed E-state index contributed by atoms with van der Waals surface area (Å²) in [5, 5.41) is 36.3. The van der Waals surface area contributed by atoms with Crippen molar-refractivity contribution in [3.05, 3.63) is 104 Å². The summed E-state index contributed by atoms with van der Waals surface area (Å²) in [6.07, 6.45) is 12.2. The van der Waals surface area contributed by atoms with Crippen molar-refractivity contribution in [2.45, 2.75) is 20.8 Å². The van der Waals surface area contributed by atoms with Gasteiger partial charge in [-0.3, -0.25) is 10.8 Å². The molecular formula is C33H25N6S5+. The van der Waals surface area contributed by atoms with Crippen molar-refractivity contribution in [2.24, 2.45) is 8.80 Å². The standard InChI is InChI=1S/C33H24N6S5/c1-17-12-21(14-20(15-34)22-6-4-8-25(36)30(22)38-40)42-32(17)27-10-11-28(43-27)33-18(2)13-29(44-33)19(3)24(16-35)23-7-5-9-26(37)31(23)39-41/h4-14,36-37,40-41H,1-3H3/p+1/b20-14+,24-19+,36-25?,37-26?,38-30-,39-31-. The molecule has 0 fully saturated rings. The zero-order chi connectivity index (χ0) is 31.5. The van der Waals surface area contributed by atoms with Crippen LogP contribution in [0, 0.1) is 47.3 Å². The predicted octanol–water partition coefficient (Wildman–Crippen LogP) is 8.71. The molecule has 2 aliphatic rings. The van der Waals surface area contributed by atoms with E-state index in [0.717, 1.165) is 46.0 Å². The Labute approximate surface area is 279 Å². The van der Waals surface area contributed by atoms with Crippen LogP contribution in [-0.2, 0) is 12.8 Å². The number of aryl methyl sites for hydroxylation is 2. The van der Waals surface area contributed by atoms with E-state index in [4.69, 9.17) is 10.8 Å². The fraction of sp³-hybridized carbons (Fsp3) is 0.0909. The number of nitriles is 2. The first-order chi connectivity index (χ1) is 21.2. The fourth-order valence-electron chi connectivity index (χ4n) is 4.83. The summed E-state index contributed by atoms with van der Waals surface area (Å²) < 4.78 is 8.01. The molecule has 0 spiro atoms. The van der Waals surface area contributed by atoms with Gasteiger partial charge in [-0.1, -0.05) is 28.7 Å². The maximum absolute atomic E-state index is 10.1. The summed E-state index contributed by atoms with van der Waals surface area (Å²) in [5.74, 6) is 0. The summed E-state index contributed by atoms with van der Waals surface area (Å²) in [7, 11) is 0. The molecule has 0 aliphatic heterocycles. The van der Waals surface area contributed by atoms with Crippen molar-refractivity contribution in [3.8, 4) is 31.6 Å². The highest BCUT2D eigenvalue weighted by molar-refractivity contribution is 7.79. The minimum absolute atomic E-state index is 0.222. The van der Waals surface area contributed by atoms with Crippen molar-refractivity contribution in [2.75, 3.05) is 0 Å². The van der Waals surface area contributed by atoms with Gasteiger partial charge in [0.15, 0.2) is 0 Å². The second-order valence-electron chi connectivity index (χ2n) is 9.84. The van der Waals surface area contributed by atoms with Crippen LogP contribution >= 0.6 is 46.8 Å². The summed E-state index contributed by atoms with van der Waals surface area (Å²) in [4.78, 5) is 6.49. The Bertz CT molecular complexity index is 2070. The van der Waals surface area contributed by atoms with E-state index in [1.54, 1.807) is 70.5 Å². The van der Waals surface area contributed by atoms with Crippen LogP contribution in [0.2, 0.25) is 0 Å². The van der Waals surface area contributed by atoms with Crippen molar-refractivity contribution >= 4 is 94.1 Å². The lowest BCUT2D eigenvalue weighted by molar-refractivity contribution is 1.45. The number of allylic oxidation sites excluding steroid dienone is 11. The maximum atomic E-state index is 10.1. The van der Waals surface area contributed by atoms with Crippen molar-refractivity contribution in [1.29, 1.82) is 21.3 Å². The smallest absolute Gasteiger partial charge is 0.147 e. The van der Waals surface area contributed by atoms with Crippen LogP contribution in [0.3, 0.4) is 0 Å². The van der Waals surface area contributed by atoms with E-state index in [1.807, 2.05) is 13.0 Å². The SMILES string of the molecule is C/C(=C(/C#N)C1=CC=CC(=N)/C1=N\S)c1cc(C)c(-c2ccc(-c3sc(/C=C(\C#N)C4=CC=CC(=N)/C4=N\[SH2+])cc3C)s2)s1. The summed E-state index contributed by atoms with van der Waals surface area (Å²) in [5.41, 5.74) is 6.48. The lowest BCUT2D eigenvalue weighted by atomic mass is 9.91. The van der Waals surface area contributed by atoms with E-state index in [2.05, 4.69) is 84.7 Å². The van der Waals surface area contributed by atoms with Gasteiger partial charge in [-0.2, -0.15) is 10.5 Å². The van der Waals surface area contributed by atoms with Crippen molar-refractivity contribution in [3.63, 3.8) is 0 Å². The number of thiophene rings is 3. The van der Waals surface area contributed by atoms with Gasteiger partial charge < -0.3 is 0 Å². The van der Waals surface area contributed by atoms with E-state index in [1.165, 1.54) is 0 Å². The van der Waals surface area contributed by atoms with Crippen molar-refractivity contribution < 1.29 is 0 Å². The molecule has 0 bridgehead atoms. The van der Waals surface area contributed by atoms with Crippen molar-refractivity contribution in [1.82, 2.24) is 0 Å². The first-order valence-electron chi connectivity index (χ1n) is 13.2. The molecule has 0 atom stereocenters. The Hall–Kier alpha value is -4.10. The molecule has 0 aromatic carbocycles. The Balaban J connectivity index is 1.47. The van der Waals surface area contributed by atoms with E-state index in [-0.39, 0.29) is 11.4 Å². The Kier molecular flexibility index (Phi) is 9.45. The normalized spacial score (nSPS) is 17.5. The lowest BCUT2D eigenvalue weighted by Gasteiger charge is -2.13. The first-order valence-corrected chi connectivity index (χ1v) is 16.5. The van der Waals surface area contributed by atoms with Gasteiger partial charge in [0.1, 0.15) is 17.5 Å². The average molecular weight is 666 g/mol. The molecule has 2 aliphatic carbocycles. The van der Waals surface area contributed by atoms with E-state index < -0.39 is 0 Å². The highest BCUT2D eigenvalue weighted by Gasteiger charge is 2.23. The molecular weight excluding hydrogens is 641 g/mol. The topological polar surface area (TPSA) is 120 Å². The van der Waals surface area contributed by atoms with E-state index >= 15 is 0 Å². The number of thiol groups is 1. The first kappa shape index (κ1) is 31.3. The minimum atomic E-state index is 0.222. The molecule has 5 rings (SSSR count). The summed E-state index contributed by atoms with van der Waals surface area (Å²) in [6, 6.07) is 13.1. The number of hydrogen-bond acceptors (Lipinski definition) is 10. The number of hydrogen-bond donors (Lipinski definition) is 3. The molecule has 44 heavy (non-hydrogen) atoms. The quantitative estimate of drug-likeness (QED) is 0.106. The van der Waals surface area contributed by atoms with Gasteiger partial charge in [0.25, 0.3) is 0 Å². The highest BCUT2D eigenvalue weighted by atomic mass is 32.1. The molecule has 0 saturated heterocycles. The molecule has 0 unspecified atom stereocenters. The van der Waals surface area contributed by atoms with Crippen LogP contribution in [0.1, 0.15) is 27.8 Å². The van der Waals surface area contributed by atoms with Gasteiger partial charge >= 0.3 is 0 Å². The molecule has 3 heterocycles. The molecule has 2 N–H and O–H groups in total. The monoisotopic (exact) mass is 665 g/mol. The predicted molar refractivity (Wildman–Crippen MR) is 196 cm³/mol. The molecule has 0 saturated carbocycles. The third-order valence-electron chi connectivity index (χ3n) is 7.02. The van der Waals surface area contributed by atoms with Gasteiger partial charge in [0.2, 0.25) is 0 Å². The van der Waals surface area contributed by atoms with Crippen LogP contribution < -0.4 is 0 Å². The van der Waals surface area contributed by atoms with Gasteiger partial charge in [-0.15, -0.1) is 34.0 Å². The zero-order valence-electron chi connectivity index (χ0n) is 23.8. The molecule has 0 amide bonds. The summed E-state index contributed by atoms with van der Waals surface area (Å²) >= 11 is 12.2. The second-order valence-corrected chi connectivity index (χ2v) is 13.5. The highest BCUT2D eigenvalue weighted by Crippen LogP contribution is 2.45. The van der Waals surface area contributed by atoms with E-state index in [0.29, 0.717) is 33.7 Å². The van der Waals surface area contributed by atoms with Crippen LogP contribution in [0.5, 0.6) is 0 Å². The van der Waals surface area contributed by atoms with Crippen LogP contribution in [0.25, 0.3) is 31.2 Å². The zero-order valence-corrected chi connectivity index (χ0v) is 28.2. The largest absolute Gasteiger partial charge is 0.299 e. The minimum Gasteiger partial charge on any atom is -0.299 e. The molecule has 6 nitrogen and oxygen atoms in total. The third kappa shape index (κ3) is 5.98. The van der Waals surface area contributed by atoms with E-state index in [9.17, 15) is 10.5 Å². The van der Waals surface area contributed by atoms with Gasteiger partial charge in [-0.05, 0) is 92.8 Å². The number of nitrogens with one attached hydrogen (secondary N) is 2. The Morgan fingerprint density at radius 2 is 1.50 bits per heavy atom. The molecule has 216 valence electrons. The Morgan fingerprint density at radius 1 is 0.886 bits per heavy atom. The molecule has 3 aromatic rings. The van der Waals surface area contributed by atoms with Gasteiger partial charge in [-0.25, -0.2) is 4.40 Å². The van der Waals surface area contributed by atoms with Gasteiger partial charge in [0.05, 0.1) is 41.5 Å². The van der Waals surface area contributed by atoms with Crippen LogP contribution in [0.4, 0.5) is 0 Å². The number of nitrogens with zero attached hydrogens (tertiary/aromatic N) is 4. The molecule has 3 aromatic heterocycles. The molecule has 11 heteroatoms. The maximum Gasteiger partial charge on any atom is 0.147 e. The fourth-order valence-corrected chi connectivity index (χ4v) is 8.94. The molecule has 0 radical (unpaired) electrons. The van der Waals surface area contributed by atoms with Crippen LogP contribution in [-0.4, -0.2) is 22.8 Å². The Morgan fingerprint density at radius 3 is 2.11 bits per heavy atom. The lowest BCUT2D eigenvalue weighted by Crippen LogP contribution is -2.17. The van der Waals surface area contributed by atoms with Gasteiger partial charge in [0, 0.05) is 40.4 Å². The summed E-state index contributed by atoms with van der Waals surface area (Å²) in [6.45, 7) is 6.08. The third-order valence-corrected chi connectivity index (χ3v) is 11.4. The number of rotatable bonds is 6. The average Bonchev–Trinajstić information content (AvgIpc) is 3.74.